The zero-order valence-corrected chi connectivity index (χ0v) is 6.41. The summed E-state index contributed by atoms with van der Waals surface area (Å²) in [5.41, 5.74) is 0. The number of hydrogen-bond acceptors (Lipinski definition) is 3. The van der Waals surface area contributed by atoms with Gasteiger partial charge in [-0.2, -0.15) is 0 Å². The second-order valence-electron chi connectivity index (χ2n) is 2.51. The van der Waals surface area contributed by atoms with E-state index in [1.165, 1.54) is 0 Å². The van der Waals surface area contributed by atoms with Gasteiger partial charge in [-0.05, 0) is 5.92 Å². The van der Waals surface area contributed by atoms with E-state index in [0.717, 1.165) is 0 Å². The summed E-state index contributed by atoms with van der Waals surface area (Å²) >= 11 is 0. The summed E-state index contributed by atoms with van der Waals surface area (Å²) < 4.78 is 0. The molecule has 0 N–H and O–H groups in total. The van der Waals surface area contributed by atoms with Crippen LogP contribution in [-0.4, -0.2) is 6.61 Å². The molecule has 0 aliphatic rings. The highest BCUT2D eigenvalue weighted by Crippen LogP contribution is 2.11. The Hall–Kier alpha value is -0.860. The highest BCUT2D eigenvalue weighted by Gasteiger charge is 2.09. The maximum absolute atomic E-state index is 9.54. The van der Waals surface area contributed by atoms with Crippen LogP contribution in [-0.2, 0) is 4.84 Å². The lowest BCUT2D eigenvalue weighted by atomic mass is 9.97. The van der Waals surface area contributed by atoms with Crippen molar-refractivity contribution in [3.63, 3.8) is 0 Å². The van der Waals surface area contributed by atoms with Crippen LogP contribution in [0.2, 0.25) is 0 Å². The molecular formula is C7H13NO2. The average Bonchev–Trinajstić information content (AvgIpc) is 1.89. The first-order valence-electron chi connectivity index (χ1n) is 3.29. The minimum Gasteiger partial charge on any atom is -0.363 e. The van der Waals surface area contributed by atoms with E-state index in [4.69, 9.17) is 0 Å². The lowest BCUT2D eigenvalue weighted by Crippen LogP contribution is -2.11. The molecule has 0 aromatic carbocycles. The Balaban J connectivity index is 3.59. The van der Waals surface area contributed by atoms with Gasteiger partial charge in [0.15, 0.2) is 5.34 Å². The van der Waals surface area contributed by atoms with Crippen LogP contribution in [0.5, 0.6) is 0 Å². The van der Waals surface area contributed by atoms with E-state index in [2.05, 4.69) is 16.8 Å². The summed E-state index contributed by atoms with van der Waals surface area (Å²) in [5.74, 6) is 0.664. The fraction of sp³-hybridized carbons (Fsp3) is 0.714. The van der Waals surface area contributed by atoms with Gasteiger partial charge in [0.2, 0.25) is 0 Å². The van der Waals surface area contributed by atoms with E-state index < -0.39 is 0 Å². The molecule has 0 bridgehead atoms. The van der Waals surface area contributed by atoms with E-state index in [1.54, 1.807) is 6.08 Å². The summed E-state index contributed by atoms with van der Waals surface area (Å²) in [7, 11) is 0. The lowest BCUT2D eigenvalue weighted by molar-refractivity contribution is 0.103. The van der Waals surface area contributed by atoms with Gasteiger partial charge in [0.05, 0.1) is 0 Å². The Bertz CT molecular complexity index is 112. The standard InChI is InChI=1S/C7H13NO2/c1-4-7(6(2)3)5-10-8-9/h4,6-7H,1,5H2,2-3H3. The van der Waals surface area contributed by atoms with Gasteiger partial charge in [-0.15, -0.1) is 11.5 Å². The Labute approximate surface area is 61.0 Å². The van der Waals surface area contributed by atoms with Crippen molar-refractivity contribution in [2.45, 2.75) is 13.8 Å². The Morgan fingerprint density at radius 3 is 2.60 bits per heavy atom. The van der Waals surface area contributed by atoms with Crippen LogP contribution in [0.25, 0.3) is 0 Å². The highest BCUT2D eigenvalue weighted by atomic mass is 16.7. The van der Waals surface area contributed by atoms with Crippen molar-refractivity contribution < 1.29 is 4.84 Å². The zero-order chi connectivity index (χ0) is 7.98. The van der Waals surface area contributed by atoms with Crippen molar-refractivity contribution in [1.82, 2.24) is 0 Å². The third kappa shape index (κ3) is 3.22. The molecule has 0 amide bonds. The minimum atomic E-state index is 0.220. The van der Waals surface area contributed by atoms with Gasteiger partial charge in [0, 0.05) is 5.92 Å². The maximum Gasteiger partial charge on any atom is 0.155 e. The second-order valence-corrected chi connectivity index (χ2v) is 2.51. The molecule has 0 fully saturated rings. The molecule has 0 heterocycles. The van der Waals surface area contributed by atoms with Crippen molar-refractivity contribution in [1.29, 1.82) is 0 Å². The van der Waals surface area contributed by atoms with E-state index >= 15 is 0 Å². The number of rotatable bonds is 5. The zero-order valence-electron chi connectivity index (χ0n) is 6.41. The second kappa shape index (κ2) is 4.97. The van der Waals surface area contributed by atoms with Crippen molar-refractivity contribution in [3.8, 4) is 0 Å². The minimum absolute atomic E-state index is 0.220. The molecule has 0 saturated carbocycles. The van der Waals surface area contributed by atoms with Gasteiger partial charge in [0.25, 0.3) is 0 Å². The maximum atomic E-state index is 9.54. The first-order valence-corrected chi connectivity index (χ1v) is 3.29. The molecule has 58 valence electrons. The molecule has 0 aromatic rings. The molecule has 0 radical (unpaired) electrons. The SMILES string of the molecule is C=CC(CON=O)C(C)C. The van der Waals surface area contributed by atoms with Gasteiger partial charge in [0.1, 0.15) is 6.61 Å². The van der Waals surface area contributed by atoms with Crippen LogP contribution in [0.4, 0.5) is 0 Å². The van der Waals surface area contributed by atoms with Crippen molar-refractivity contribution in [3.05, 3.63) is 17.6 Å². The molecule has 10 heavy (non-hydrogen) atoms. The summed E-state index contributed by atoms with van der Waals surface area (Å²) in [4.78, 5) is 13.9. The van der Waals surface area contributed by atoms with E-state index in [0.29, 0.717) is 12.5 Å². The van der Waals surface area contributed by atoms with Crippen LogP contribution in [0.1, 0.15) is 13.8 Å². The van der Waals surface area contributed by atoms with Crippen LogP contribution in [0, 0.1) is 16.7 Å². The predicted octanol–water partition coefficient (Wildman–Crippen LogP) is 2.14. The fourth-order valence-corrected chi connectivity index (χ4v) is 0.649. The molecular weight excluding hydrogens is 130 g/mol. The molecule has 0 aliphatic heterocycles. The summed E-state index contributed by atoms with van der Waals surface area (Å²) in [5, 5.41) is 2.31. The molecule has 3 heteroatoms. The topological polar surface area (TPSA) is 38.7 Å². The van der Waals surface area contributed by atoms with Crippen molar-refractivity contribution in [2.24, 2.45) is 17.2 Å². The summed E-state index contributed by atoms with van der Waals surface area (Å²) in [6.07, 6.45) is 1.77. The number of nitrogens with zero attached hydrogens (tertiary/aromatic N) is 1. The van der Waals surface area contributed by atoms with Crippen molar-refractivity contribution in [2.75, 3.05) is 6.61 Å². The molecule has 0 saturated heterocycles. The quantitative estimate of drug-likeness (QED) is 0.336. The van der Waals surface area contributed by atoms with Crippen LogP contribution < -0.4 is 0 Å². The smallest absolute Gasteiger partial charge is 0.155 e. The molecule has 0 aliphatic carbocycles. The number of hydrogen-bond donors (Lipinski definition) is 0. The third-order valence-corrected chi connectivity index (χ3v) is 1.48. The summed E-state index contributed by atoms with van der Waals surface area (Å²) in [6, 6.07) is 0. The van der Waals surface area contributed by atoms with Gasteiger partial charge in [-0.25, -0.2) is 0 Å². The Morgan fingerprint density at radius 1 is 1.70 bits per heavy atom. The molecule has 3 nitrogen and oxygen atoms in total. The van der Waals surface area contributed by atoms with Gasteiger partial charge < -0.3 is 4.84 Å². The molecule has 1 atom stereocenters. The molecule has 0 spiro atoms. The summed E-state index contributed by atoms with van der Waals surface area (Å²) in [6.45, 7) is 8.03. The van der Waals surface area contributed by atoms with Gasteiger partial charge in [-0.3, -0.25) is 0 Å². The van der Waals surface area contributed by atoms with Gasteiger partial charge in [-0.1, -0.05) is 19.9 Å². The molecule has 0 aromatic heterocycles. The Morgan fingerprint density at radius 2 is 2.30 bits per heavy atom. The van der Waals surface area contributed by atoms with Crippen molar-refractivity contribution >= 4 is 0 Å². The molecule has 1 unspecified atom stereocenters. The third-order valence-electron chi connectivity index (χ3n) is 1.48. The van der Waals surface area contributed by atoms with Gasteiger partial charge >= 0.3 is 0 Å². The predicted molar refractivity (Wildman–Crippen MR) is 40.3 cm³/mol. The first kappa shape index (κ1) is 9.14. The first-order chi connectivity index (χ1) is 4.72. The van der Waals surface area contributed by atoms with E-state index in [9.17, 15) is 4.91 Å². The van der Waals surface area contributed by atoms with Crippen LogP contribution >= 0.6 is 0 Å². The fourth-order valence-electron chi connectivity index (χ4n) is 0.649. The van der Waals surface area contributed by atoms with Crippen LogP contribution in [0.3, 0.4) is 0 Å². The lowest BCUT2D eigenvalue weighted by Gasteiger charge is -2.12. The highest BCUT2D eigenvalue weighted by molar-refractivity contribution is 4.80. The van der Waals surface area contributed by atoms with Crippen LogP contribution in [0.15, 0.2) is 18.0 Å². The Kier molecular flexibility index (Phi) is 4.54. The average molecular weight is 143 g/mol. The molecule has 0 rings (SSSR count). The van der Waals surface area contributed by atoms with E-state index in [1.807, 2.05) is 13.8 Å². The monoisotopic (exact) mass is 143 g/mol. The normalized spacial score (nSPS) is 12.7. The largest absolute Gasteiger partial charge is 0.363 e. The van der Waals surface area contributed by atoms with E-state index in [-0.39, 0.29) is 5.92 Å².